The van der Waals surface area contributed by atoms with E-state index in [4.69, 9.17) is 47.7 Å². The largest absolute Gasteiger partial charge is 0.389 e. The van der Waals surface area contributed by atoms with Crippen LogP contribution in [-0.2, 0) is 32.6 Å². The van der Waals surface area contributed by atoms with Gasteiger partial charge in [-0.2, -0.15) is 0 Å². The summed E-state index contributed by atoms with van der Waals surface area (Å²) in [6.45, 7) is 7.31. The minimum Gasteiger partial charge on any atom is -0.389 e. The molecule has 21 heteroatoms. The average Bonchev–Trinajstić information content (AvgIpc) is 3.00. The van der Waals surface area contributed by atoms with E-state index in [0.717, 1.165) is 6.66 Å². The fraction of sp³-hybridized carbons (Fsp3) is 0.481. The van der Waals surface area contributed by atoms with Crippen LogP contribution in [0.2, 0.25) is 0 Å². The van der Waals surface area contributed by atoms with Gasteiger partial charge in [0.1, 0.15) is 37.1 Å². The van der Waals surface area contributed by atoms with E-state index in [-0.39, 0.29) is 53.0 Å². The molecule has 3 N–H and O–H groups in total. The number of benzene rings is 1. The van der Waals surface area contributed by atoms with Crippen LogP contribution in [0.15, 0.2) is 36.4 Å². The smallest absolute Gasteiger partial charge is 0.290 e. The number of hydrogen-bond donors (Lipinski definition) is 2. The highest BCUT2D eigenvalue weighted by molar-refractivity contribution is 7.55. The van der Waals surface area contributed by atoms with Crippen molar-refractivity contribution in [1.29, 1.82) is 0 Å². The van der Waals surface area contributed by atoms with E-state index in [1.807, 2.05) is 6.79 Å². The zero-order valence-corrected chi connectivity index (χ0v) is 30.0. The van der Waals surface area contributed by atoms with Gasteiger partial charge in [0.25, 0.3) is 26.4 Å². The van der Waals surface area contributed by atoms with Gasteiger partial charge in [0.15, 0.2) is 5.78 Å². The van der Waals surface area contributed by atoms with Crippen LogP contribution >= 0.6 is 38.2 Å². The molecule has 1 heterocycles. The average molecular weight is 758 g/mol. The van der Waals surface area contributed by atoms with Crippen LogP contribution in [-0.4, -0.2) is 87.7 Å². The highest BCUT2D eigenvalue weighted by Gasteiger charge is 2.32. The van der Waals surface area contributed by atoms with Crippen molar-refractivity contribution in [2.24, 2.45) is 5.50 Å². The van der Waals surface area contributed by atoms with Crippen LogP contribution < -0.4 is 5.50 Å². The SMILES string of the molecule is C=O.CC(=O)CC(OP(C)(=O)N(CCCl)CCCl)c1ccc([N+](=O)[O-])c(C)n1.CP(N)(=O)OC(CC(=O)CO)c1ccccc1[N+](=O)[O-]. The number of Topliss-reactive ketones (excluding diaryl/α,β-unsaturated/α-hetero) is 2. The van der Waals surface area contributed by atoms with Crippen molar-refractivity contribution in [1.82, 2.24) is 9.65 Å². The Morgan fingerprint density at radius 1 is 0.979 bits per heavy atom. The normalized spacial score (nSPS) is 14.5. The molecule has 0 saturated heterocycles. The number of halogens is 2. The maximum absolute atomic E-state index is 13.1. The van der Waals surface area contributed by atoms with Gasteiger partial charge < -0.3 is 18.9 Å². The number of rotatable bonds is 18. The molecule has 4 unspecified atom stereocenters. The molecule has 0 aliphatic heterocycles. The Morgan fingerprint density at radius 3 is 1.96 bits per heavy atom. The molecule has 2 aromatic rings. The quantitative estimate of drug-likeness (QED) is 0.0864. The molecular weight excluding hydrogens is 719 g/mol. The summed E-state index contributed by atoms with van der Waals surface area (Å²) in [4.78, 5) is 55.9. The number of pyridine rings is 1. The molecule has 0 amide bonds. The van der Waals surface area contributed by atoms with E-state index in [1.54, 1.807) is 4.67 Å². The standard InChI is InChI=1S/C15H22Cl2N3O5P.C11H15N2O6P.CH2O/c1-11(21)10-15(13-4-5-14(20(22)23)12(2)18-13)25-26(3,24)19(8-6-16)9-7-17;1-20(12,18)19-11(6-8(15)7-14)9-4-2-3-5-10(9)13(16)17;1-2/h4-5,15H,6-10H2,1-3H3;2-5,11,14H,6-7H2,1H3,(H2,12,18);1H2. The number of ketones is 2. The van der Waals surface area contributed by atoms with Gasteiger partial charge in [-0.3, -0.25) is 44.5 Å². The second kappa shape index (κ2) is 21.9. The molecule has 2 rings (SSSR count). The molecule has 48 heavy (non-hydrogen) atoms. The predicted molar refractivity (Wildman–Crippen MR) is 180 cm³/mol. The molecule has 0 aliphatic carbocycles. The van der Waals surface area contributed by atoms with Gasteiger partial charge in [0.05, 0.1) is 21.1 Å². The number of hydrogen-bond acceptors (Lipinski definition) is 13. The highest BCUT2D eigenvalue weighted by Crippen LogP contribution is 2.51. The number of para-hydroxylation sites is 1. The minimum atomic E-state index is -3.46. The van der Waals surface area contributed by atoms with Crippen molar-refractivity contribution in [2.45, 2.75) is 38.9 Å². The van der Waals surface area contributed by atoms with E-state index < -0.39 is 49.5 Å². The molecule has 1 aromatic heterocycles. The Kier molecular flexibility index (Phi) is 20.5. The number of carbonyl (C=O) groups is 3. The van der Waals surface area contributed by atoms with Gasteiger partial charge in [-0.1, -0.05) is 12.1 Å². The lowest BCUT2D eigenvalue weighted by molar-refractivity contribution is -0.386. The Hall–Kier alpha value is -2.98. The molecule has 0 aliphatic rings. The summed E-state index contributed by atoms with van der Waals surface area (Å²) in [5, 5.41) is 30.7. The number of aliphatic hydroxyl groups is 1. The minimum absolute atomic E-state index is 0.0579. The molecule has 0 spiro atoms. The summed E-state index contributed by atoms with van der Waals surface area (Å²) >= 11 is 11.5. The molecule has 0 bridgehead atoms. The molecule has 0 radical (unpaired) electrons. The van der Waals surface area contributed by atoms with Gasteiger partial charge in [-0.25, -0.2) is 9.65 Å². The fourth-order valence-corrected chi connectivity index (χ4v) is 7.08. The van der Waals surface area contributed by atoms with Gasteiger partial charge in [-0.15, -0.1) is 23.2 Å². The van der Waals surface area contributed by atoms with Crippen LogP contribution in [0.3, 0.4) is 0 Å². The summed E-state index contributed by atoms with van der Waals surface area (Å²) in [5.74, 6) is -0.301. The maximum atomic E-state index is 13.1. The lowest BCUT2D eigenvalue weighted by atomic mass is 10.0. The first-order chi connectivity index (χ1) is 22.4. The van der Waals surface area contributed by atoms with Crippen LogP contribution in [0, 0.1) is 27.2 Å². The zero-order valence-electron chi connectivity index (χ0n) is 26.7. The summed E-state index contributed by atoms with van der Waals surface area (Å²) in [7, 11) is -6.78. The van der Waals surface area contributed by atoms with Gasteiger partial charge in [0.2, 0.25) is 0 Å². The fourth-order valence-electron chi connectivity index (χ4n) is 4.03. The lowest BCUT2D eigenvalue weighted by Gasteiger charge is -2.30. The number of alkyl halides is 2. The number of nitrogens with zero attached hydrogens (tertiary/aromatic N) is 4. The third-order valence-electron chi connectivity index (χ3n) is 6.01. The van der Waals surface area contributed by atoms with Gasteiger partial charge in [-0.05, 0) is 26.0 Å². The van der Waals surface area contributed by atoms with E-state index >= 15 is 0 Å². The van der Waals surface area contributed by atoms with Crippen molar-refractivity contribution in [2.75, 3.05) is 44.8 Å². The molecule has 4 atom stereocenters. The van der Waals surface area contributed by atoms with E-state index in [2.05, 4.69) is 4.98 Å². The molecule has 17 nitrogen and oxygen atoms in total. The number of nitrogens with two attached hydrogens (primary N) is 1. The van der Waals surface area contributed by atoms with Crippen molar-refractivity contribution < 1.29 is 47.5 Å². The number of carbonyl (C=O) groups excluding carboxylic acids is 3. The predicted octanol–water partition coefficient (Wildman–Crippen LogP) is 5.14. The number of aromatic nitrogens is 1. The van der Waals surface area contributed by atoms with Gasteiger partial charge in [0, 0.05) is 63.2 Å². The summed E-state index contributed by atoms with van der Waals surface area (Å²) in [6.07, 6.45) is -2.44. The first-order valence-corrected chi connectivity index (χ1v) is 19.0. The Labute approximate surface area is 287 Å². The van der Waals surface area contributed by atoms with Crippen molar-refractivity contribution in [3.05, 3.63) is 73.6 Å². The molecule has 1 aromatic carbocycles. The number of aliphatic hydroxyl groups excluding tert-OH is 1. The number of aryl methyl sites for hydroxylation is 1. The van der Waals surface area contributed by atoms with Crippen molar-refractivity contribution in [3.63, 3.8) is 0 Å². The first kappa shape index (κ1) is 45.0. The molecule has 0 saturated carbocycles. The Bertz CT molecular complexity index is 1490. The third kappa shape index (κ3) is 15.9. The molecule has 268 valence electrons. The second-order valence-corrected chi connectivity index (χ2v) is 15.1. The summed E-state index contributed by atoms with van der Waals surface area (Å²) < 4.78 is 37.0. The van der Waals surface area contributed by atoms with E-state index in [9.17, 15) is 38.9 Å². The Balaban J connectivity index is 0.000000901. The summed E-state index contributed by atoms with van der Waals surface area (Å²) in [5.41, 5.74) is 5.49. The van der Waals surface area contributed by atoms with Crippen molar-refractivity contribution in [3.8, 4) is 0 Å². The maximum Gasteiger partial charge on any atom is 0.290 e. The van der Waals surface area contributed by atoms with E-state index in [1.165, 1.54) is 56.9 Å². The lowest BCUT2D eigenvalue weighted by Crippen LogP contribution is -2.27. The second-order valence-electron chi connectivity index (χ2n) is 9.95. The van der Waals surface area contributed by atoms with Crippen LogP contribution in [0.25, 0.3) is 0 Å². The third-order valence-corrected chi connectivity index (χ3v) is 9.09. The highest BCUT2D eigenvalue weighted by atomic mass is 35.5. The van der Waals surface area contributed by atoms with E-state index in [0.29, 0.717) is 18.8 Å². The topological polar surface area (TPSA) is 252 Å². The van der Waals surface area contributed by atoms with Crippen LogP contribution in [0.4, 0.5) is 11.4 Å². The molecular formula is C27H39Cl2N5O12P2. The number of nitro groups is 2. The summed E-state index contributed by atoms with van der Waals surface area (Å²) in [6, 6.07) is 8.32. The molecule has 0 fully saturated rings. The monoisotopic (exact) mass is 757 g/mol. The van der Waals surface area contributed by atoms with Gasteiger partial charge >= 0.3 is 0 Å². The van der Waals surface area contributed by atoms with Crippen molar-refractivity contribution >= 4 is 68.0 Å². The number of nitro benzene ring substituents is 1. The Morgan fingerprint density at radius 2 is 1.52 bits per heavy atom. The zero-order chi connectivity index (χ0) is 37.2. The van der Waals surface area contributed by atoms with Crippen LogP contribution in [0.1, 0.15) is 48.9 Å². The first-order valence-electron chi connectivity index (χ1n) is 13.8. The van der Waals surface area contributed by atoms with Crippen LogP contribution in [0.5, 0.6) is 0 Å².